The maximum absolute atomic E-state index is 13.1. The normalized spacial score (nSPS) is 10.5. The molecule has 0 heterocycles. The SMILES string of the molecule is CNCc1cc(F)ccc1N(C)CCSC. The molecule has 4 heteroatoms. The fraction of sp³-hybridized carbons (Fsp3) is 0.500. The predicted octanol–water partition coefficient (Wildman–Crippen LogP) is 2.34. The first-order valence-corrected chi connectivity index (χ1v) is 6.71. The average molecular weight is 242 g/mol. The number of nitrogens with one attached hydrogen (secondary N) is 1. The topological polar surface area (TPSA) is 15.3 Å². The zero-order chi connectivity index (χ0) is 12.0. The van der Waals surface area contributed by atoms with E-state index >= 15 is 0 Å². The predicted molar refractivity (Wildman–Crippen MR) is 70.8 cm³/mol. The van der Waals surface area contributed by atoms with Crippen molar-refractivity contribution >= 4 is 17.4 Å². The molecular weight excluding hydrogens is 223 g/mol. The summed E-state index contributed by atoms with van der Waals surface area (Å²) in [6.45, 7) is 1.67. The van der Waals surface area contributed by atoms with Gasteiger partial charge in [-0.1, -0.05) is 0 Å². The van der Waals surface area contributed by atoms with Crippen molar-refractivity contribution in [1.82, 2.24) is 5.32 Å². The maximum atomic E-state index is 13.1. The van der Waals surface area contributed by atoms with Gasteiger partial charge >= 0.3 is 0 Å². The molecule has 16 heavy (non-hydrogen) atoms. The highest BCUT2D eigenvalue weighted by Gasteiger charge is 2.07. The van der Waals surface area contributed by atoms with E-state index in [-0.39, 0.29) is 5.82 Å². The van der Waals surface area contributed by atoms with Crippen LogP contribution in [0, 0.1) is 5.82 Å². The van der Waals surface area contributed by atoms with Crippen molar-refractivity contribution in [3.05, 3.63) is 29.6 Å². The molecule has 90 valence electrons. The Kier molecular flexibility index (Phi) is 5.63. The van der Waals surface area contributed by atoms with Gasteiger partial charge in [0, 0.05) is 31.6 Å². The third kappa shape index (κ3) is 3.68. The minimum atomic E-state index is -0.174. The summed E-state index contributed by atoms with van der Waals surface area (Å²) in [5, 5.41) is 3.06. The number of benzene rings is 1. The Morgan fingerprint density at radius 3 is 2.81 bits per heavy atom. The molecule has 2 nitrogen and oxygen atoms in total. The van der Waals surface area contributed by atoms with E-state index in [1.54, 1.807) is 6.07 Å². The second-order valence-corrected chi connectivity index (χ2v) is 4.70. The first-order chi connectivity index (χ1) is 7.69. The molecular formula is C12H19FN2S. The van der Waals surface area contributed by atoms with Crippen molar-refractivity contribution in [2.24, 2.45) is 0 Å². The van der Waals surface area contributed by atoms with Crippen LogP contribution < -0.4 is 10.2 Å². The van der Waals surface area contributed by atoms with E-state index in [9.17, 15) is 4.39 Å². The third-order valence-corrected chi connectivity index (χ3v) is 3.04. The van der Waals surface area contributed by atoms with Crippen LogP contribution in [0.3, 0.4) is 0 Å². The first kappa shape index (κ1) is 13.3. The van der Waals surface area contributed by atoms with E-state index in [0.29, 0.717) is 6.54 Å². The minimum absolute atomic E-state index is 0.174. The third-order valence-electron chi connectivity index (χ3n) is 2.45. The van der Waals surface area contributed by atoms with Gasteiger partial charge in [-0.2, -0.15) is 11.8 Å². The Bertz CT molecular complexity index is 331. The lowest BCUT2D eigenvalue weighted by Crippen LogP contribution is -2.22. The van der Waals surface area contributed by atoms with Crippen LogP contribution in [0.5, 0.6) is 0 Å². The van der Waals surface area contributed by atoms with Gasteiger partial charge in [0.05, 0.1) is 0 Å². The second-order valence-electron chi connectivity index (χ2n) is 3.72. The average Bonchev–Trinajstić information content (AvgIpc) is 2.26. The van der Waals surface area contributed by atoms with E-state index in [1.807, 2.05) is 31.9 Å². The number of hydrogen-bond donors (Lipinski definition) is 1. The van der Waals surface area contributed by atoms with Gasteiger partial charge in [-0.3, -0.25) is 0 Å². The lowest BCUT2D eigenvalue weighted by molar-refractivity contribution is 0.623. The van der Waals surface area contributed by atoms with Crippen LogP contribution in [0.4, 0.5) is 10.1 Å². The molecule has 1 rings (SSSR count). The van der Waals surface area contributed by atoms with Crippen molar-refractivity contribution in [1.29, 1.82) is 0 Å². The van der Waals surface area contributed by atoms with Gasteiger partial charge in [-0.25, -0.2) is 4.39 Å². The Morgan fingerprint density at radius 2 is 2.19 bits per heavy atom. The van der Waals surface area contributed by atoms with E-state index in [4.69, 9.17) is 0 Å². The second kappa shape index (κ2) is 6.76. The zero-order valence-electron chi connectivity index (χ0n) is 10.1. The standard InChI is InChI=1S/C12H19FN2S/c1-14-9-10-8-11(13)4-5-12(10)15(2)6-7-16-3/h4-5,8,14H,6-7,9H2,1-3H3. The van der Waals surface area contributed by atoms with Gasteiger partial charge in [0.2, 0.25) is 0 Å². The fourth-order valence-electron chi connectivity index (χ4n) is 1.61. The number of anilines is 1. The summed E-state index contributed by atoms with van der Waals surface area (Å²) in [6, 6.07) is 4.97. The number of hydrogen-bond acceptors (Lipinski definition) is 3. The van der Waals surface area contributed by atoms with E-state index in [0.717, 1.165) is 23.5 Å². The molecule has 0 bridgehead atoms. The summed E-state index contributed by atoms with van der Waals surface area (Å²) >= 11 is 1.82. The van der Waals surface area contributed by atoms with Crippen LogP contribution in [-0.4, -0.2) is 32.6 Å². The molecule has 0 unspecified atom stereocenters. The van der Waals surface area contributed by atoms with Crippen molar-refractivity contribution < 1.29 is 4.39 Å². The van der Waals surface area contributed by atoms with Gasteiger partial charge in [0.1, 0.15) is 5.82 Å². The van der Waals surface area contributed by atoms with E-state index < -0.39 is 0 Å². The van der Waals surface area contributed by atoms with Gasteiger partial charge in [0.25, 0.3) is 0 Å². The van der Waals surface area contributed by atoms with Crippen LogP contribution >= 0.6 is 11.8 Å². The van der Waals surface area contributed by atoms with Crippen LogP contribution in [0.2, 0.25) is 0 Å². The lowest BCUT2D eigenvalue weighted by atomic mass is 10.1. The number of thioether (sulfide) groups is 1. The smallest absolute Gasteiger partial charge is 0.123 e. The molecule has 0 saturated heterocycles. The molecule has 0 amide bonds. The Hall–Kier alpha value is -0.740. The van der Waals surface area contributed by atoms with Crippen LogP contribution in [0.15, 0.2) is 18.2 Å². The van der Waals surface area contributed by atoms with Crippen LogP contribution in [-0.2, 0) is 6.54 Å². The summed E-state index contributed by atoms with van der Waals surface area (Å²) in [6.07, 6.45) is 2.09. The van der Waals surface area contributed by atoms with Gasteiger partial charge in [-0.05, 0) is 37.1 Å². The van der Waals surface area contributed by atoms with Crippen molar-refractivity contribution in [2.75, 3.05) is 37.5 Å². The molecule has 0 aromatic heterocycles. The summed E-state index contributed by atoms with van der Waals surface area (Å²) in [5.41, 5.74) is 2.11. The molecule has 1 aromatic rings. The Balaban J connectivity index is 2.84. The van der Waals surface area contributed by atoms with Crippen LogP contribution in [0.1, 0.15) is 5.56 Å². The Morgan fingerprint density at radius 1 is 1.44 bits per heavy atom. The molecule has 0 aliphatic rings. The highest BCUT2D eigenvalue weighted by atomic mass is 32.2. The highest BCUT2D eigenvalue weighted by Crippen LogP contribution is 2.20. The van der Waals surface area contributed by atoms with Gasteiger partial charge < -0.3 is 10.2 Å². The van der Waals surface area contributed by atoms with E-state index in [1.165, 1.54) is 6.07 Å². The van der Waals surface area contributed by atoms with Crippen LogP contribution in [0.25, 0.3) is 0 Å². The van der Waals surface area contributed by atoms with E-state index in [2.05, 4.69) is 16.5 Å². The molecule has 0 aliphatic heterocycles. The fourth-order valence-corrected chi connectivity index (χ4v) is 2.06. The Labute approximate surface area is 101 Å². The summed E-state index contributed by atoms with van der Waals surface area (Å²) < 4.78 is 13.1. The van der Waals surface area contributed by atoms with Crippen molar-refractivity contribution in [2.45, 2.75) is 6.54 Å². The summed E-state index contributed by atoms with van der Waals surface area (Å²) in [5.74, 6) is 0.902. The molecule has 0 radical (unpaired) electrons. The van der Waals surface area contributed by atoms with Crippen molar-refractivity contribution in [3.63, 3.8) is 0 Å². The lowest BCUT2D eigenvalue weighted by Gasteiger charge is -2.22. The molecule has 1 N–H and O–H groups in total. The largest absolute Gasteiger partial charge is 0.374 e. The molecule has 0 fully saturated rings. The molecule has 0 atom stereocenters. The van der Waals surface area contributed by atoms with Gasteiger partial charge in [-0.15, -0.1) is 0 Å². The van der Waals surface area contributed by atoms with Crippen molar-refractivity contribution in [3.8, 4) is 0 Å². The monoisotopic (exact) mass is 242 g/mol. The summed E-state index contributed by atoms with van der Waals surface area (Å²) in [7, 11) is 3.92. The molecule has 1 aromatic carbocycles. The first-order valence-electron chi connectivity index (χ1n) is 5.32. The number of halogens is 1. The number of nitrogens with zero attached hydrogens (tertiary/aromatic N) is 1. The number of rotatable bonds is 6. The van der Waals surface area contributed by atoms with Gasteiger partial charge in [0.15, 0.2) is 0 Å². The highest BCUT2D eigenvalue weighted by molar-refractivity contribution is 7.98. The molecule has 0 saturated carbocycles. The maximum Gasteiger partial charge on any atom is 0.123 e. The molecule has 0 aliphatic carbocycles. The molecule has 0 spiro atoms. The zero-order valence-corrected chi connectivity index (χ0v) is 10.9. The summed E-state index contributed by atoms with van der Waals surface area (Å²) in [4.78, 5) is 2.17. The quantitative estimate of drug-likeness (QED) is 0.824. The minimum Gasteiger partial charge on any atom is -0.374 e.